The van der Waals surface area contributed by atoms with Gasteiger partial charge < -0.3 is 14.5 Å². The summed E-state index contributed by atoms with van der Waals surface area (Å²) in [4.78, 5) is 18.8. The zero-order chi connectivity index (χ0) is 17.2. The quantitative estimate of drug-likeness (QED) is 0.800. The Kier molecular flexibility index (Phi) is 4.44. The molecule has 4 rings (SSSR count). The molecule has 0 saturated heterocycles. The Balaban J connectivity index is 1.43. The summed E-state index contributed by atoms with van der Waals surface area (Å²) in [5, 5.41) is 2.94. The summed E-state index contributed by atoms with van der Waals surface area (Å²) in [6, 6.07) is 8.92. The second kappa shape index (κ2) is 6.88. The van der Waals surface area contributed by atoms with E-state index in [0.29, 0.717) is 30.2 Å². The van der Waals surface area contributed by atoms with Crippen molar-refractivity contribution in [1.82, 2.24) is 15.2 Å². The lowest BCUT2D eigenvalue weighted by Crippen LogP contribution is -2.27. The fourth-order valence-corrected chi connectivity index (χ4v) is 2.95. The summed E-state index contributed by atoms with van der Waals surface area (Å²) in [6.45, 7) is 1.38. The molecule has 0 unspecified atom stereocenters. The Bertz CT molecular complexity index is 750. The number of amides is 1. The first-order valence-electron chi connectivity index (χ1n) is 8.84. The molecule has 2 aromatic rings. The molecule has 6 nitrogen and oxygen atoms in total. The summed E-state index contributed by atoms with van der Waals surface area (Å²) in [7, 11) is 1.69. The van der Waals surface area contributed by atoms with Crippen LogP contribution in [0.3, 0.4) is 0 Å². The standard InChI is InChI=1S/C19H23N3O3/c1-24-17-5-3-2-4-13(17)10-22(15-8-9-15)11-18-21-16(12-25-18)19(23)20-14-6-7-14/h2-5,12,14-15H,6-11H2,1H3,(H,20,23). The van der Waals surface area contributed by atoms with Gasteiger partial charge in [-0.25, -0.2) is 4.98 Å². The zero-order valence-electron chi connectivity index (χ0n) is 14.4. The van der Waals surface area contributed by atoms with Gasteiger partial charge >= 0.3 is 0 Å². The number of nitrogens with zero attached hydrogens (tertiary/aromatic N) is 2. The van der Waals surface area contributed by atoms with E-state index in [4.69, 9.17) is 9.15 Å². The molecular formula is C19H23N3O3. The van der Waals surface area contributed by atoms with Crippen molar-refractivity contribution in [2.75, 3.05) is 7.11 Å². The first-order valence-corrected chi connectivity index (χ1v) is 8.84. The third kappa shape index (κ3) is 4.02. The van der Waals surface area contributed by atoms with E-state index < -0.39 is 0 Å². The van der Waals surface area contributed by atoms with Crippen molar-refractivity contribution in [3.63, 3.8) is 0 Å². The second-order valence-corrected chi connectivity index (χ2v) is 6.82. The lowest BCUT2D eigenvalue weighted by Gasteiger charge is -2.21. The van der Waals surface area contributed by atoms with E-state index in [1.165, 1.54) is 19.1 Å². The zero-order valence-corrected chi connectivity index (χ0v) is 14.4. The number of oxazole rings is 1. The summed E-state index contributed by atoms with van der Waals surface area (Å²) in [6.07, 6.45) is 5.95. The number of hydrogen-bond donors (Lipinski definition) is 1. The van der Waals surface area contributed by atoms with E-state index in [0.717, 1.165) is 30.7 Å². The molecule has 2 saturated carbocycles. The first kappa shape index (κ1) is 16.1. The fourth-order valence-electron chi connectivity index (χ4n) is 2.95. The van der Waals surface area contributed by atoms with Gasteiger partial charge in [-0.05, 0) is 31.7 Å². The van der Waals surface area contributed by atoms with Gasteiger partial charge in [0, 0.05) is 24.2 Å². The summed E-state index contributed by atoms with van der Waals surface area (Å²) in [5.41, 5.74) is 1.52. The van der Waals surface area contributed by atoms with E-state index in [1.54, 1.807) is 7.11 Å². The summed E-state index contributed by atoms with van der Waals surface area (Å²) < 4.78 is 11.0. The van der Waals surface area contributed by atoms with Crippen LogP contribution in [0.1, 0.15) is 47.6 Å². The number of hydrogen-bond acceptors (Lipinski definition) is 5. The average molecular weight is 341 g/mol. The number of carbonyl (C=O) groups excluding carboxylic acids is 1. The lowest BCUT2D eigenvalue weighted by molar-refractivity contribution is 0.0946. The third-order valence-electron chi connectivity index (χ3n) is 4.66. The molecule has 2 aliphatic carbocycles. The smallest absolute Gasteiger partial charge is 0.273 e. The highest BCUT2D eigenvalue weighted by Crippen LogP contribution is 2.31. The number of carbonyl (C=O) groups is 1. The van der Waals surface area contributed by atoms with Crippen molar-refractivity contribution in [2.45, 2.75) is 50.9 Å². The molecule has 1 N–H and O–H groups in total. The number of para-hydroxylation sites is 1. The van der Waals surface area contributed by atoms with Crippen LogP contribution in [0.15, 0.2) is 34.9 Å². The topological polar surface area (TPSA) is 67.6 Å². The van der Waals surface area contributed by atoms with Gasteiger partial charge in [0.2, 0.25) is 5.89 Å². The molecule has 25 heavy (non-hydrogen) atoms. The maximum atomic E-state index is 12.1. The van der Waals surface area contributed by atoms with Gasteiger partial charge in [-0.3, -0.25) is 9.69 Å². The highest BCUT2D eigenvalue weighted by Gasteiger charge is 2.31. The van der Waals surface area contributed by atoms with Crippen LogP contribution in [0.5, 0.6) is 5.75 Å². The molecule has 0 bridgehead atoms. The molecule has 1 aromatic carbocycles. The van der Waals surface area contributed by atoms with Gasteiger partial charge in [0.05, 0.1) is 13.7 Å². The summed E-state index contributed by atoms with van der Waals surface area (Å²) >= 11 is 0. The van der Waals surface area contributed by atoms with Crippen molar-refractivity contribution in [3.8, 4) is 5.75 Å². The molecular weight excluding hydrogens is 318 g/mol. The number of nitrogens with one attached hydrogen (secondary N) is 1. The Hall–Kier alpha value is -2.34. The van der Waals surface area contributed by atoms with Crippen LogP contribution >= 0.6 is 0 Å². The van der Waals surface area contributed by atoms with Crippen LogP contribution < -0.4 is 10.1 Å². The number of ether oxygens (including phenoxy) is 1. The van der Waals surface area contributed by atoms with Crippen molar-refractivity contribution in [1.29, 1.82) is 0 Å². The molecule has 0 spiro atoms. The van der Waals surface area contributed by atoms with Gasteiger partial charge in [0.25, 0.3) is 5.91 Å². The van der Waals surface area contributed by atoms with Crippen molar-refractivity contribution >= 4 is 5.91 Å². The Morgan fingerprint density at radius 3 is 2.80 bits per heavy atom. The Labute approximate surface area is 147 Å². The van der Waals surface area contributed by atoms with Crippen LogP contribution in [0.4, 0.5) is 0 Å². The average Bonchev–Trinajstić information content (AvgIpc) is 3.55. The first-order chi connectivity index (χ1) is 12.2. The Morgan fingerprint density at radius 2 is 2.08 bits per heavy atom. The van der Waals surface area contributed by atoms with Crippen LogP contribution in [-0.4, -0.2) is 35.0 Å². The molecule has 1 aromatic heterocycles. The van der Waals surface area contributed by atoms with Crippen molar-refractivity contribution in [3.05, 3.63) is 47.7 Å². The summed E-state index contributed by atoms with van der Waals surface area (Å²) in [5.74, 6) is 1.34. The fraction of sp³-hybridized carbons (Fsp3) is 0.474. The predicted octanol–water partition coefficient (Wildman–Crippen LogP) is 2.74. The van der Waals surface area contributed by atoms with Crippen LogP contribution in [-0.2, 0) is 13.1 Å². The van der Waals surface area contributed by atoms with Gasteiger partial charge in [-0.1, -0.05) is 18.2 Å². The van der Waals surface area contributed by atoms with Crippen LogP contribution in [0.2, 0.25) is 0 Å². The van der Waals surface area contributed by atoms with E-state index in [1.807, 2.05) is 18.2 Å². The molecule has 0 atom stereocenters. The minimum absolute atomic E-state index is 0.139. The van der Waals surface area contributed by atoms with E-state index >= 15 is 0 Å². The molecule has 6 heteroatoms. The molecule has 2 fully saturated rings. The molecule has 1 heterocycles. The maximum absolute atomic E-state index is 12.1. The van der Waals surface area contributed by atoms with Gasteiger partial charge in [-0.15, -0.1) is 0 Å². The monoisotopic (exact) mass is 341 g/mol. The van der Waals surface area contributed by atoms with E-state index in [-0.39, 0.29) is 5.91 Å². The molecule has 0 radical (unpaired) electrons. The Morgan fingerprint density at radius 1 is 1.28 bits per heavy atom. The van der Waals surface area contributed by atoms with Gasteiger partial charge in [0.15, 0.2) is 5.69 Å². The number of rotatable bonds is 8. The third-order valence-corrected chi connectivity index (χ3v) is 4.66. The molecule has 2 aliphatic rings. The van der Waals surface area contributed by atoms with Gasteiger partial charge in [0.1, 0.15) is 12.0 Å². The van der Waals surface area contributed by atoms with E-state index in [2.05, 4.69) is 21.3 Å². The number of methoxy groups -OCH3 is 1. The van der Waals surface area contributed by atoms with Crippen molar-refractivity contribution in [2.24, 2.45) is 0 Å². The molecule has 0 aliphatic heterocycles. The molecule has 1 amide bonds. The molecule has 132 valence electrons. The highest BCUT2D eigenvalue weighted by molar-refractivity contribution is 5.92. The SMILES string of the molecule is COc1ccccc1CN(Cc1nc(C(=O)NC2CC2)co1)C1CC1. The lowest BCUT2D eigenvalue weighted by atomic mass is 10.2. The maximum Gasteiger partial charge on any atom is 0.273 e. The number of benzene rings is 1. The van der Waals surface area contributed by atoms with Crippen LogP contribution in [0.25, 0.3) is 0 Å². The highest BCUT2D eigenvalue weighted by atomic mass is 16.5. The normalized spacial score (nSPS) is 16.9. The second-order valence-electron chi connectivity index (χ2n) is 6.82. The largest absolute Gasteiger partial charge is 0.496 e. The van der Waals surface area contributed by atoms with E-state index in [9.17, 15) is 4.79 Å². The number of aromatic nitrogens is 1. The van der Waals surface area contributed by atoms with Gasteiger partial charge in [-0.2, -0.15) is 0 Å². The van der Waals surface area contributed by atoms with Crippen molar-refractivity contribution < 1.29 is 13.9 Å². The minimum Gasteiger partial charge on any atom is -0.496 e. The predicted molar refractivity (Wildman–Crippen MR) is 92.3 cm³/mol. The minimum atomic E-state index is -0.139. The van der Waals surface area contributed by atoms with Crippen LogP contribution in [0, 0.1) is 0 Å².